The van der Waals surface area contributed by atoms with Crippen LogP contribution in [0.3, 0.4) is 0 Å². The van der Waals surface area contributed by atoms with Crippen LogP contribution < -0.4 is 5.32 Å². The number of hydrogen-bond donors (Lipinski definition) is 2. The number of halogens is 1. The highest BCUT2D eigenvalue weighted by atomic mass is 19.1. The number of aliphatic hydroxyl groups is 1. The van der Waals surface area contributed by atoms with Crippen LogP contribution in [-0.2, 0) is 20.8 Å². The van der Waals surface area contributed by atoms with E-state index in [1.165, 1.54) is 23.1 Å². The van der Waals surface area contributed by atoms with Crippen LogP contribution in [0.2, 0.25) is 0 Å². The van der Waals surface area contributed by atoms with Crippen LogP contribution in [0.25, 0.3) is 11.1 Å². The van der Waals surface area contributed by atoms with E-state index in [1.807, 2.05) is 42.5 Å². The molecule has 0 bridgehead atoms. The molecule has 7 nitrogen and oxygen atoms in total. The molecule has 2 heterocycles. The zero-order chi connectivity index (χ0) is 27.2. The Balaban J connectivity index is 1.17. The van der Waals surface area contributed by atoms with Crippen LogP contribution in [0.4, 0.5) is 4.39 Å². The number of ether oxygens (including phenoxy) is 2. The first-order chi connectivity index (χ1) is 19.0. The fourth-order valence-corrected chi connectivity index (χ4v) is 5.29. The lowest BCUT2D eigenvalue weighted by molar-refractivity contribution is -0.151. The summed E-state index contributed by atoms with van der Waals surface area (Å²) in [4.78, 5) is 27.5. The van der Waals surface area contributed by atoms with Crippen LogP contribution in [0.5, 0.6) is 0 Å². The highest BCUT2D eigenvalue weighted by Crippen LogP contribution is 2.29. The molecule has 39 heavy (non-hydrogen) atoms. The summed E-state index contributed by atoms with van der Waals surface area (Å²) in [6.45, 7) is 0.654. The number of nitrogens with zero attached hydrogens (tertiary/aromatic N) is 1. The molecule has 0 aliphatic carbocycles. The number of amides is 2. The van der Waals surface area contributed by atoms with E-state index in [1.54, 1.807) is 6.07 Å². The van der Waals surface area contributed by atoms with Crippen molar-refractivity contribution in [1.82, 2.24) is 10.2 Å². The van der Waals surface area contributed by atoms with Gasteiger partial charge in [0, 0.05) is 13.1 Å². The summed E-state index contributed by atoms with van der Waals surface area (Å²) >= 11 is 0. The number of β-amino-alcohol motifs (C(OH)–C–C–N with tert-alkyl or cyclic N) is 1. The van der Waals surface area contributed by atoms with Gasteiger partial charge in [-0.15, -0.1) is 0 Å². The average Bonchev–Trinajstić information content (AvgIpc) is 2.95. The largest absolute Gasteiger partial charge is 0.389 e. The number of nitrogens with one attached hydrogen (secondary N) is 1. The third kappa shape index (κ3) is 6.71. The third-order valence-corrected chi connectivity index (χ3v) is 7.31. The molecule has 2 aliphatic heterocycles. The minimum atomic E-state index is -0.882. The number of rotatable bonds is 6. The van der Waals surface area contributed by atoms with Gasteiger partial charge in [0.15, 0.2) is 0 Å². The Labute approximate surface area is 227 Å². The number of hydrogen-bond acceptors (Lipinski definition) is 5. The topological polar surface area (TPSA) is 88.1 Å². The van der Waals surface area contributed by atoms with Crippen molar-refractivity contribution in [3.8, 4) is 11.1 Å². The second kappa shape index (κ2) is 12.5. The predicted octanol–water partition coefficient (Wildman–Crippen LogP) is 3.95. The second-order valence-corrected chi connectivity index (χ2v) is 10.1. The van der Waals surface area contributed by atoms with Crippen LogP contribution in [0.1, 0.15) is 35.2 Å². The zero-order valence-electron chi connectivity index (χ0n) is 21.7. The van der Waals surface area contributed by atoms with Gasteiger partial charge < -0.3 is 24.8 Å². The van der Waals surface area contributed by atoms with Gasteiger partial charge in [0.05, 0.1) is 43.4 Å². The lowest BCUT2D eigenvalue weighted by atomic mass is 9.94. The molecule has 0 saturated carbocycles. The second-order valence-electron chi connectivity index (χ2n) is 10.1. The SMILES string of the molecule is O=C(C[C@H]1CC[C@@H]2[C@H](COC[C@H](O)CN2C(=O)c2ccccc2F)O1)NCc1ccc(-c2ccccc2)cc1. The van der Waals surface area contributed by atoms with Crippen LogP contribution in [-0.4, -0.2) is 65.9 Å². The van der Waals surface area contributed by atoms with Crippen molar-refractivity contribution in [3.05, 3.63) is 95.8 Å². The van der Waals surface area contributed by atoms with Crippen LogP contribution in [0, 0.1) is 5.82 Å². The summed E-state index contributed by atoms with van der Waals surface area (Å²) in [5, 5.41) is 13.3. The molecule has 3 aromatic carbocycles. The van der Waals surface area contributed by atoms with E-state index in [2.05, 4.69) is 17.4 Å². The van der Waals surface area contributed by atoms with Crippen molar-refractivity contribution in [2.75, 3.05) is 19.8 Å². The van der Waals surface area contributed by atoms with Crippen LogP contribution >= 0.6 is 0 Å². The van der Waals surface area contributed by atoms with E-state index in [0.29, 0.717) is 19.4 Å². The quantitative estimate of drug-likeness (QED) is 0.502. The van der Waals surface area contributed by atoms with E-state index in [0.717, 1.165) is 16.7 Å². The van der Waals surface area contributed by atoms with Gasteiger partial charge in [0.25, 0.3) is 5.91 Å². The monoisotopic (exact) mass is 532 g/mol. The fourth-order valence-electron chi connectivity index (χ4n) is 5.29. The zero-order valence-corrected chi connectivity index (χ0v) is 21.7. The Hall–Kier alpha value is -3.59. The van der Waals surface area contributed by atoms with E-state index in [9.17, 15) is 19.1 Å². The Morgan fingerprint density at radius 3 is 2.41 bits per heavy atom. The summed E-state index contributed by atoms with van der Waals surface area (Å²) in [5.41, 5.74) is 3.22. The van der Waals surface area contributed by atoms with Gasteiger partial charge in [-0.25, -0.2) is 4.39 Å². The van der Waals surface area contributed by atoms with Crippen molar-refractivity contribution >= 4 is 11.8 Å². The van der Waals surface area contributed by atoms with E-state index < -0.39 is 30.0 Å². The molecule has 0 aromatic heterocycles. The van der Waals surface area contributed by atoms with Gasteiger partial charge in [-0.3, -0.25) is 9.59 Å². The summed E-state index contributed by atoms with van der Waals surface area (Å²) in [7, 11) is 0. The highest BCUT2D eigenvalue weighted by Gasteiger charge is 2.40. The number of fused-ring (bicyclic) bond motifs is 1. The number of aliphatic hydroxyl groups excluding tert-OH is 1. The Kier molecular flexibility index (Phi) is 8.66. The summed E-state index contributed by atoms with van der Waals surface area (Å²) in [6.07, 6.45) is -0.394. The molecule has 5 rings (SSSR count). The molecule has 0 radical (unpaired) electrons. The van der Waals surface area contributed by atoms with Gasteiger partial charge in [-0.2, -0.15) is 0 Å². The maximum atomic E-state index is 14.4. The van der Waals surface area contributed by atoms with Gasteiger partial charge in [0.1, 0.15) is 11.9 Å². The van der Waals surface area contributed by atoms with E-state index in [-0.39, 0.29) is 43.8 Å². The molecule has 2 N–H and O–H groups in total. The van der Waals surface area contributed by atoms with Gasteiger partial charge >= 0.3 is 0 Å². The Morgan fingerprint density at radius 1 is 0.923 bits per heavy atom. The number of benzene rings is 3. The first-order valence-electron chi connectivity index (χ1n) is 13.4. The summed E-state index contributed by atoms with van der Waals surface area (Å²) < 4.78 is 26.3. The highest BCUT2D eigenvalue weighted by molar-refractivity contribution is 5.94. The number of carbonyl (C=O) groups is 2. The molecular formula is C31H33FN2O5. The van der Waals surface area contributed by atoms with Crippen molar-refractivity contribution in [2.45, 2.75) is 50.2 Å². The lowest BCUT2D eigenvalue weighted by Crippen LogP contribution is -2.57. The normalized spacial score (nSPS) is 23.3. The lowest BCUT2D eigenvalue weighted by Gasteiger charge is -2.44. The molecule has 2 saturated heterocycles. The van der Waals surface area contributed by atoms with Gasteiger partial charge in [-0.05, 0) is 41.7 Å². The first kappa shape index (κ1) is 27.0. The van der Waals surface area contributed by atoms with Crippen molar-refractivity contribution in [1.29, 1.82) is 0 Å². The summed E-state index contributed by atoms with van der Waals surface area (Å²) in [5.74, 6) is -1.21. The van der Waals surface area contributed by atoms with Crippen LogP contribution in [0.15, 0.2) is 78.9 Å². The molecule has 4 atom stereocenters. The van der Waals surface area contributed by atoms with E-state index in [4.69, 9.17) is 9.47 Å². The molecule has 0 unspecified atom stereocenters. The maximum Gasteiger partial charge on any atom is 0.257 e. The Morgan fingerprint density at radius 2 is 1.64 bits per heavy atom. The molecular weight excluding hydrogens is 499 g/mol. The van der Waals surface area contributed by atoms with Crippen molar-refractivity contribution in [2.24, 2.45) is 0 Å². The molecule has 0 spiro atoms. The minimum Gasteiger partial charge on any atom is -0.389 e. The van der Waals surface area contributed by atoms with Gasteiger partial charge in [0.2, 0.25) is 5.91 Å². The third-order valence-electron chi connectivity index (χ3n) is 7.31. The molecule has 204 valence electrons. The molecule has 8 heteroatoms. The Bertz CT molecular complexity index is 1270. The molecule has 2 amide bonds. The molecule has 3 aromatic rings. The summed E-state index contributed by atoms with van der Waals surface area (Å²) in [6, 6.07) is 23.7. The maximum absolute atomic E-state index is 14.4. The first-order valence-corrected chi connectivity index (χ1v) is 13.4. The average molecular weight is 533 g/mol. The van der Waals surface area contributed by atoms with E-state index >= 15 is 0 Å². The van der Waals surface area contributed by atoms with Crippen molar-refractivity contribution in [3.63, 3.8) is 0 Å². The molecule has 2 fully saturated rings. The molecule has 2 aliphatic rings. The minimum absolute atomic E-state index is 0.0198. The smallest absolute Gasteiger partial charge is 0.257 e. The predicted molar refractivity (Wildman–Crippen MR) is 144 cm³/mol. The fraction of sp³-hybridized carbons (Fsp3) is 0.355. The standard InChI is InChI=1S/C31H33FN2O5/c32-27-9-5-4-8-26(27)31(37)34-18-24(35)19-38-20-29-28(34)15-14-25(39-29)16-30(36)33-17-21-10-12-23(13-11-21)22-6-2-1-3-7-22/h1-13,24-25,28-29,35H,14-20H2,(H,33,36)/t24-,25-,28-,29+/m1/s1. The number of carbonyl (C=O) groups excluding carboxylic acids is 2. The van der Waals surface area contributed by atoms with Crippen molar-refractivity contribution < 1.29 is 28.6 Å². The van der Waals surface area contributed by atoms with Gasteiger partial charge in [-0.1, -0.05) is 66.7 Å².